The van der Waals surface area contributed by atoms with Crippen LogP contribution in [0.5, 0.6) is 34.5 Å². The number of hydrogen-bond donors (Lipinski definition) is 11. The quantitative estimate of drug-likeness (QED) is 0.0147. The number of amides is 6. The topological polar surface area (TPSA) is 400 Å². The summed E-state index contributed by atoms with van der Waals surface area (Å²) in [6.07, 6.45) is 6.40. The summed E-state index contributed by atoms with van der Waals surface area (Å²) in [5.74, 6) is 1.38. The molecule has 6 amide bonds. The second kappa shape index (κ2) is 40.4. The monoisotopic (exact) mass is 1800 g/mol. The SMILES string of the molecule is O=C(Nc1cc2cc(C(=O)N3C[C@@H](CCl)c4c3cc(O)c3ccccc43)[nH]c2cn1)c1ccc(OCCOCCO)cc1.O=C(Nc1ccc2nc(C(=O)N3C[C@@H](CCl)c4c3cc(O)c3ccccc43)cn2c1)c1ccc(OCCOCCO)cc1.O=C(Nc1cnc2[nH]c(C(=O)N3C[C@@H](CCl)c4c3cc(O)c3ccccc43)cc2c1)c1ccc(OCCOCCO)cc1. The van der Waals surface area contributed by atoms with E-state index in [4.69, 9.17) is 78.5 Å². The van der Waals surface area contributed by atoms with Crippen LogP contribution in [-0.2, 0) is 14.2 Å². The van der Waals surface area contributed by atoms with E-state index in [2.05, 4.69) is 40.9 Å². The van der Waals surface area contributed by atoms with Crippen molar-refractivity contribution in [1.82, 2.24) is 29.3 Å². The number of carbonyl (C=O) groups is 6. The van der Waals surface area contributed by atoms with Crippen molar-refractivity contribution < 1.29 is 87.8 Å². The van der Waals surface area contributed by atoms with Crippen molar-refractivity contribution in [2.75, 3.05) is 147 Å². The normalized spacial score (nSPS) is 14.3. The molecule has 6 aromatic heterocycles. The third-order valence-corrected chi connectivity index (χ3v) is 23.3. The van der Waals surface area contributed by atoms with Crippen molar-refractivity contribution >= 4 is 164 Å². The maximum Gasteiger partial charge on any atom is 0.278 e. The summed E-state index contributed by atoms with van der Waals surface area (Å²) in [5, 5.41) is 72.9. The smallest absolute Gasteiger partial charge is 0.278 e. The number of alkyl halides is 3. The van der Waals surface area contributed by atoms with Crippen molar-refractivity contribution in [3.8, 4) is 34.5 Å². The van der Waals surface area contributed by atoms with E-state index in [0.29, 0.717) is 184 Å². The Kier molecular flexibility index (Phi) is 27.7. The van der Waals surface area contributed by atoms with E-state index in [1.807, 2.05) is 72.8 Å². The molecule has 3 aliphatic heterocycles. The summed E-state index contributed by atoms with van der Waals surface area (Å²) in [6.45, 7) is 3.86. The van der Waals surface area contributed by atoms with Gasteiger partial charge in [-0.25, -0.2) is 15.0 Å². The van der Waals surface area contributed by atoms with Crippen molar-refractivity contribution in [3.05, 3.63) is 275 Å². The number of imidazole rings is 1. The summed E-state index contributed by atoms with van der Waals surface area (Å²) in [6, 6.07) is 57.9. The van der Waals surface area contributed by atoms with Crippen LogP contribution in [0.2, 0.25) is 0 Å². The number of pyridine rings is 3. The molecule has 0 aliphatic carbocycles. The Morgan fingerprint density at radius 2 is 0.806 bits per heavy atom. The van der Waals surface area contributed by atoms with Crippen molar-refractivity contribution in [3.63, 3.8) is 0 Å². The van der Waals surface area contributed by atoms with Crippen LogP contribution in [0.3, 0.4) is 0 Å². The average Bonchev–Trinajstić information content (AvgIpc) is 1.61. The van der Waals surface area contributed by atoms with Crippen LogP contribution in [-0.4, -0.2) is 212 Å². The van der Waals surface area contributed by atoms with Crippen LogP contribution in [0.1, 0.15) is 97.0 Å². The zero-order valence-corrected chi connectivity index (χ0v) is 71.4. The van der Waals surface area contributed by atoms with Gasteiger partial charge in [0.15, 0.2) is 0 Å². The first-order valence-electron chi connectivity index (χ1n) is 41.4. The lowest BCUT2D eigenvalue weighted by atomic mass is 9.95. The minimum Gasteiger partial charge on any atom is -0.507 e. The van der Waals surface area contributed by atoms with E-state index < -0.39 is 0 Å². The number of anilines is 6. The molecule has 129 heavy (non-hydrogen) atoms. The third-order valence-electron chi connectivity index (χ3n) is 22.1. The fraction of sp³-hybridized carbons (Fsp3) is 0.219. The molecule has 9 aromatic carbocycles. The highest BCUT2D eigenvalue weighted by atomic mass is 35.5. The van der Waals surface area contributed by atoms with Gasteiger partial charge < -0.3 is 104 Å². The van der Waals surface area contributed by atoms with E-state index in [9.17, 15) is 44.1 Å². The molecule has 0 bridgehead atoms. The fourth-order valence-corrected chi connectivity index (χ4v) is 16.9. The van der Waals surface area contributed by atoms with Crippen LogP contribution in [0, 0.1) is 0 Å². The second-order valence-electron chi connectivity index (χ2n) is 30.4. The summed E-state index contributed by atoms with van der Waals surface area (Å²) in [7, 11) is 0. The number of carbonyl (C=O) groups excluding carboxylic acids is 6. The molecule has 3 aliphatic rings. The van der Waals surface area contributed by atoms with E-state index >= 15 is 0 Å². The predicted octanol–water partition coefficient (Wildman–Crippen LogP) is 14.9. The summed E-state index contributed by atoms with van der Waals surface area (Å²) in [4.78, 5) is 104. The van der Waals surface area contributed by atoms with Crippen LogP contribution in [0.25, 0.3) is 59.9 Å². The number of aromatic nitrogens is 6. The lowest BCUT2D eigenvalue weighted by Crippen LogP contribution is -2.30. The van der Waals surface area contributed by atoms with Gasteiger partial charge in [0.2, 0.25) is 0 Å². The van der Waals surface area contributed by atoms with Crippen LogP contribution in [0.15, 0.2) is 225 Å². The number of rotatable bonds is 30. The first kappa shape index (κ1) is 88.5. The molecule has 30 nitrogen and oxygen atoms in total. The van der Waals surface area contributed by atoms with Gasteiger partial charge in [-0.2, -0.15) is 0 Å². The Bertz CT molecular complexity index is 6050. The molecule has 0 unspecified atom stereocenters. The molecule has 0 spiro atoms. The lowest BCUT2D eigenvalue weighted by Gasteiger charge is -2.17. The van der Waals surface area contributed by atoms with Gasteiger partial charge in [0, 0.05) is 129 Å². The number of aromatic hydroxyl groups is 3. The van der Waals surface area contributed by atoms with Crippen molar-refractivity contribution in [2.45, 2.75) is 17.8 Å². The van der Waals surface area contributed by atoms with Gasteiger partial charge in [0.1, 0.15) is 88.5 Å². The molecule has 0 radical (unpaired) electrons. The molecular weight excluding hydrogens is 1720 g/mol. The van der Waals surface area contributed by atoms with Crippen LogP contribution < -0.4 is 44.9 Å². The number of ether oxygens (including phenoxy) is 6. The number of fused-ring (bicyclic) bond motifs is 12. The molecule has 0 fully saturated rings. The molecule has 0 saturated carbocycles. The minimum atomic E-state index is -0.343. The molecule has 18 rings (SSSR count). The first-order valence-corrected chi connectivity index (χ1v) is 43.0. The minimum absolute atomic E-state index is 0.0378. The highest BCUT2D eigenvalue weighted by Gasteiger charge is 2.39. The van der Waals surface area contributed by atoms with E-state index in [0.717, 1.165) is 49.0 Å². The lowest BCUT2D eigenvalue weighted by molar-refractivity contribution is 0.0705. The molecule has 15 aromatic rings. The zero-order valence-electron chi connectivity index (χ0n) is 69.2. The number of phenolic OH excluding ortho intramolecular Hbond substituents is 3. The van der Waals surface area contributed by atoms with Gasteiger partial charge in [0.25, 0.3) is 35.4 Å². The number of halogens is 3. The summed E-state index contributed by atoms with van der Waals surface area (Å²) < 4.78 is 33.9. The van der Waals surface area contributed by atoms with Crippen LogP contribution in [0.4, 0.5) is 34.3 Å². The number of aliphatic hydroxyl groups is 3. The number of H-pyrrole nitrogens is 2. The number of nitrogens with zero attached hydrogens (tertiary/aromatic N) is 7. The number of phenols is 3. The fourth-order valence-electron chi connectivity index (χ4n) is 16.1. The Morgan fingerprint density at radius 1 is 0.403 bits per heavy atom. The molecule has 3 atom stereocenters. The van der Waals surface area contributed by atoms with E-state index in [1.54, 1.807) is 165 Å². The number of nitrogens with one attached hydrogen (secondary N) is 5. The molecule has 0 saturated heterocycles. The third kappa shape index (κ3) is 19.5. The largest absolute Gasteiger partial charge is 0.507 e. The number of hydrogen-bond acceptors (Lipinski definition) is 21. The van der Waals surface area contributed by atoms with E-state index in [-0.39, 0.29) is 116 Å². The maximum atomic E-state index is 13.7. The van der Waals surface area contributed by atoms with Gasteiger partial charge in [-0.3, -0.25) is 28.8 Å². The predicted molar refractivity (Wildman–Crippen MR) is 493 cm³/mol. The highest BCUT2D eigenvalue weighted by molar-refractivity contribution is 6.21. The summed E-state index contributed by atoms with van der Waals surface area (Å²) >= 11 is 19.0. The Balaban J connectivity index is 0.000000142. The summed E-state index contributed by atoms with van der Waals surface area (Å²) in [5.41, 5.74) is 9.65. The Morgan fingerprint density at radius 3 is 1.24 bits per heavy atom. The Labute approximate surface area is 752 Å². The second-order valence-corrected chi connectivity index (χ2v) is 31.3. The van der Waals surface area contributed by atoms with Crippen molar-refractivity contribution in [1.29, 1.82) is 0 Å². The number of aromatic amines is 2. The number of benzene rings is 9. The van der Waals surface area contributed by atoms with E-state index in [1.165, 1.54) is 6.20 Å². The van der Waals surface area contributed by atoms with Gasteiger partial charge in [-0.15, -0.1) is 34.8 Å². The van der Waals surface area contributed by atoms with Gasteiger partial charge >= 0.3 is 0 Å². The molecular formula is C96H87Cl3N12O18. The zero-order chi connectivity index (χ0) is 89.8. The molecule has 33 heteroatoms. The molecule has 9 heterocycles. The molecule has 11 N–H and O–H groups in total. The molecule has 660 valence electrons. The highest BCUT2D eigenvalue weighted by Crippen LogP contribution is 2.49. The van der Waals surface area contributed by atoms with Crippen LogP contribution >= 0.6 is 34.8 Å². The Hall–Kier alpha value is -13.9. The van der Waals surface area contributed by atoms with Gasteiger partial charge in [0.05, 0.1) is 106 Å². The first-order chi connectivity index (χ1) is 62.9. The van der Waals surface area contributed by atoms with Gasteiger partial charge in [-0.1, -0.05) is 72.8 Å². The number of aliphatic hydroxyl groups excluding tert-OH is 3. The average molecular weight is 1800 g/mol. The van der Waals surface area contributed by atoms with Crippen molar-refractivity contribution in [2.24, 2.45) is 0 Å². The standard InChI is InChI=1S/3C32H29ClN4O6/c33-16-21-17-37(27-15-28(39)24-3-1-2-4-25(24)30(21)27)32(41)26-19-36-18-22(7-10-29(36)35-26)34-31(40)20-5-8-23(9-6-20)43-14-13-42-12-11-38;33-16-21-18-37(27-15-28(39)24-3-1-2-4-25(24)29(21)27)32(41)26-14-20-13-22(17-34-30(20)36-26)35-31(40)19-5-7-23(8-6-19)43-12-11-42-10-9-38;33-16-21-18-37(27-15-28(39)23-3-1-2-4-24(23)30(21)27)32(41)25-13-20-14-29(34-17-26(20)35-25)36-31(40)19-5-7-22(8-6-19)43-12-11-42-10-9-38/h1-10,15,18-19,21,38-39H,11-14,16-17H2,(H,34,40);1-8,13-15,17,21,38-39H,9-12,16,18H2,(H,34,36)(H,35,40);1-8,13-15,17,21,35,38-39H,9-12,16,18H2,(H,34,36,40)/t3*21-/m111/s1. The maximum absolute atomic E-state index is 13.7. The van der Waals surface area contributed by atoms with Gasteiger partial charge in [-0.05, 0) is 142 Å².